The molecule has 29 heavy (non-hydrogen) atoms. The fraction of sp³-hybridized carbons (Fsp3) is 0.273. The van der Waals surface area contributed by atoms with Crippen molar-refractivity contribution in [2.24, 2.45) is 4.99 Å². The molecule has 0 N–H and O–H groups in total. The van der Waals surface area contributed by atoms with Gasteiger partial charge in [-0.05, 0) is 49.6 Å². The number of halogens is 3. The van der Waals surface area contributed by atoms with Crippen LogP contribution in [-0.2, 0) is 19.5 Å². The van der Waals surface area contributed by atoms with Gasteiger partial charge in [0, 0.05) is 11.5 Å². The maximum Gasteiger partial charge on any atom is 0.257 e. The molecule has 0 atom stereocenters. The van der Waals surface area contributed by atoms with Crippen LogP contribution < -0.4 is 9.67 Å². The molecule has 7 heteroatoms. The number of aryl methyl sites for hydroxylation is 2. The first-order chi connectivity index (χ1) is 13.4. The molecule has 0 bridgehead atoms. The molecule has 4 rings (SSSR count). The second-order valence-corrected chi connectivity index (χ2v) is 8.00. The Labute approximate surface area is 186 Å². The van der Waals surface area contributed by atoms with E-state index >= 15 is 0 Å². The van der Waals surface area contributed by atoms with E-state index in [1.165, 1.54) is 0 Å². The van der Waals surface area contributed by atoms with Gasteiger partial charge in [0.15, 0.2) is 5.69 Å². The van der Waals surface area contributed by atoms with Gasteiger partial charge in [-0.2, -0.15) is 0 Å². The predicted molar refractivity (Wildman–Crippen MR) is 119 cm³/mol. The van der Waals surface area contributed by atoms with Gasteiger partial charge in [0.1, 0.15) is 12.7 Å². The second-order valence-electron chi connectivity index (χ2n) is 7.19. The van der Waals surface area contributed by atoms with Crippen molar-refractivity contribution in [3.8, 4) is 11.3 Å². The molecule has 2 aromatic carbocycles. The van der Waals surface area contributed by atoms with Gasteiger partial charge < -0.3 is 5.11 Å². The van der Waals surface area contributed by atoms with E-state index in [1.807, 2.05) is 54.9 Å². The number of hydrogen-bond acceptors (Lipinski definition) is 2. The van der Waals surface area contributed by atoms with E-state index in [2.05, 4.69) is 9.56 Å². The maximum absolute atomic E-state index is 12.7. The fourth-order valence-electron chi connectivity index (χ4n) is 3.82. The van der Waals surface area contributed by atoms with Gasteiger partial charge in [-0.1, -0.05) is 41.4 Å². The van der Waals surface area contributed by atoms with Crippen molar-refractivity contribution < 1.29 is 9.67 Å². The lowest BCUT2D eigenvalue weighted by molar-refractivity contribution is -0.693. The monoisotopic (exact) mass is 449 g/mol. The highest BCUT2D eigenvalue weighted by molar-refractivity contribution is 6.42. The molecule has 1 aliphatic rings. The van der Waals surface area contributed by atoms with Crippen molar-refractivity contribution in [3.05, 3.63) is 69.6 Å². The molecule has 0 spiro atoms. The largest absolute Gasteiger partial charge is 0.859 e. The SMILES string of the molecule is Cc1cccc(C)c1N=C([O-])C[n+]1cc(-c2ccc(Cl)c(Cl)c2)n2c1CCC2.Cl. The van der Waals surface area contributed by atoms with Gasteiger partial charge in [-0.25, -0.2) is 9.13 Å². The summed E-state index contributed by atoms with van der Waals surface area (Å²) in [6.45, 7) is 5.11. The standard InChI is InChI=1S/C22H21Cl2N3O.ClH/c1-14-5-3-6-15(2)22(14)25-20(28)13-26-12-19(27-10-4-7-21(26)27)16-8-9-17(23)18(24)11-16;/h3,5-6,8-9,11-12H,4,7,10,13H2,1-2H3;1H. The first-order valence-corrected chi connectivity index (χ1v) is 10.1. The summed E-state index contributed by atoms with van der Waals surface area (Å²) >= 11 is 12.3. The van der Waals surface area contributed by atoms with Crippen molar-refractivity contribution in [1.29, 1.82) is 0 Å². The molecule has 4 nitrogen and oxygen atoms in total. The summed E-state index contributed by atoms with van der Waals surface area (Å²) in [6, 6.07) is 11.6. The smallest absolute Gasteiger partial charge is 0.257 e. The van der Waals surface area contributed by atoms with Crippen LogP contribution in [0.2, 0.25) is 10.0 Å². The number of rotatable bonds is 4. The molecule has 0 unspecified atom stereocenters. The fourth-order valence-corrected chi connectivity index (χ4v) is 4.12. The molecule has 0 aliphatic carbocycles. The van der Waals surface area contributed by atoms with E-state index in [-0.39, 0.29) is 24.8 Å². The predicted octanol–water partition coefficient (Wildman–Crippen LogP) is 4.82. The molecule has 152 valence electrons. The van der Waals surface area contributed by atoms with Gasteiger partial charge in [0.25, 0.3) is 5.82 Å². The number of aliphatic imine (C=N–C) groups is 1. The third kappa shape index (κ3) is 4.30. The van der Waals surface area contributed by atoms with E-state index in [9.17, 15) is 5.11 Å². The lowest BCUT2D eigenvalue weighted by atomic mass is 10.1. The molecule has 0 amide bonds. The van der Waals surface area contributed by atoms with Gasteiger partial charge in [0.2, 0.25) is 0 Å². The maximum atomic E-state index is 12.7. The Morgan fingerprint density at radius 1 is 1.14 bits per heavy atom. The molecular weight excluding hydrogens is 429 g/mol. The van der Waals surface area contributed by atoms with Crippen LogP contribution in [0.15, 0.2) is 47.6 Å². The number of benzene rings is 2. The number of fused-ring (bicyclic) bond motifs is 1. The number of para-hydroxylation sites is 1. The summed E-state index contributed by atoms with van der Waals surface area (Å²) in [6.07, 6.45) is 4.02. The van der Waals surface area contributed by atoms with Crippen LogP contribution in [0.25, 0.3) is 11.3 Å². The Hall–Kier alpha value is -2.01. The summed E-state index contributed by atoms with van der Waals surface area (Å²) in [4.78, 5) is 4.38. The summed E-state index contributed by atoms with van der Waals surface area (Å²) in [5.74, 6) is 0.995. The third-order valence-corrected chi connectivity index (χ3v) is 5.93. The minimum absolute atomic E-state index is 0. The Morgan fingerprint density at radius 2 is 1.86 bits per heavy atom. The summed E-state index contributed by atoms with van der Waals surface area (Å²) < 4.78 is 4.27. The lowest BCUT2D eigenvalue weighted by Crippen LogP contribution is -2.43. The van der Waals surface area contributed by atoms with Crippen LogP contribution in [0.4, 0.5) is 5.69 Å². The van der Waals surface area contributed by atoms with Crippen molar-refractivity contribution in [2.75, 3.05) is 0 Å². The molecule has 1 aromatic heterocycles. The Morgan fingerprint density at radius 3 is 2.55 bits per heavy atom. The van der Waals surface area contributed by atoms with Gasteiger partial charge in [-0.3, -0.25) is 4.99 Å². The number of aromatic nitrogens is 2. The lowest BCUT2D eigenvalue weighted by Gasteiger charge is -2.12. The molecule has 0 fully saturated rings. The van der Waals surface area contributed by atoms with Gasteiger partial charge in [0.05, 0.1) is 28.7 Å². The van der Waals surface area contributed by atoms with E-state index in [0.29, 0.717) is 10.0 Å². The quantitative estimate of drug-likeness (QED) is 0.319. The zero-order chi connectivity index (χ0) is 19.8. The summed E-state index contributed by atoms with van der Waals surface area (Å²) in [5, 5.41) is 13.8. The second kappa shape index (κ2) is 8.78. The van der Waals surface area contributed by atoms with Crippen molar-refractivity contribution >= 4 is 47.2 Å². The Balaban J connectivity index is 0.00000240. The van der Waals surface area contributed by atoms with Crippen LogP contribution in [0.1, 0.15) is 23.4 Å². The Kier molecular flexibility index (Phi) is 6.57. The highest BCUT2D eigenvalue weighted by atomic mass is 35.5. The van der Waals surface area contributed by atoms with Crippen LogP contribution in [-0.4, -0.2) is 10.5 Å². The number of imidazole rings is 1. The van der Waals surface area contributed by atoms with Crippen LogP contribution in [0.5, 0.6) is 0 Å². The van der Waals surface area contributed by atoms with E-state index < -0.39 is 0 Å². The van der Waals surface area contributed by atoms with Gasteiger partial charge >= 0.3 is 0 Å². The topological polar surface area (TPSA) is 44.2 Å². The van der Waals surface area contributed by atoms with E-state index in [1.54, 1.807) is 6.07 Å². The van der Waals surface area contributed by atoms with E-state index in [4.69, 9.17) is 23.2 Å². The average Bonchev–Trinajstić information content (AvgIpc) is 3.25. The van der Waals surface area contributed by atoms with Crippen LogP contribution in [0.3, 0.4) is 0 Å². The van der Waals surface area contributed by atoms with Crippen molar-refractivity contribution in [3.63, 3.8) is 0 Å². The van der Waals surface area contributed by atoms with Crippen LogP contribution in [0, 0.1) is 13.8 Å². The third-order valence-electron chi connectivity index (χ3n) is 5.19. The minimum Gasteiger partial charge on any atom is -0.859 e. The van der Waals surface area contributed by atoms with Crippen molar-refractivity contribution in [1.82, 2.24) is 4.57 Å². The number of hydrogen-bond donors (Lipinski definition) is 0. The molecule has 1 aliphatic heterocycles. The number of nitrogens with zero attached hydrogens (tertiary/aromatic N) is 3. The van der Waals surface area contributed by atoms with Crippen LogP contribution >= 0.6 is 35.6 Å². The average molecular weight is 451 g/mol. The van der Waals surface area contributed by atoms with Crippen molar-refractivity contribution in [2.45, 2.75) is 39.8 Å². The molecule has 0 radical (unpaired) electrons. The molecule has 0 saturated heterocycles. The van der Waals surface area contributed by atoms with Gasteiger partial charge in [-0.15, -0.1) is 12.4 Å². The minimum atomic E-state index is -0.150. The highest BCUT2D eigenvalue weighted by Crippen LogP contribution is 2.30. The molecule has 0 saturated carbocycles. The Bertz CT molecular complexity index is 1070. The zero-order valence-electron chi connectivity index (χ0n) is 16.3. The molecular formula is C22H22Cl3N3O. The highest BCUT2D eigenvalue weighted by Gasteiger charge is 2.28. The first-order valence-electron chi connectivity index (χ1n) is 9.32. The normalized spacial score (nSPS) is 13.3. The molecule has 2 heterocycles. The summed E-state index contributed by atoms with van der Waals surface area (Å²) in [5.41, 5.74) is 4.84. The first kappa shape index (κ1) is 21.7. The summed E-state index contributed by atoms with van der Waals surface area (Å²) in [7, 11) is 0. The van der Waals surface area contributed by atoms with E-state index in [0.717, 1.165) is 53.3 Å². The molecule has 3 aromatic rings. The zero-order valence-corrected chi connectivity index (χ0v) is 18.6.